The van der Waals surface area contributed by atoms with Gasteiger partial charge in [0.05, 0.1) is 22.6 Å². The van der Waals surface area contributed by atoms with E-state index in [9.17, 15) is 8.42 Å². The van der Waals surface area contributed by atoms with Gasteiger partial charge in [-0.25, -0.2) is 8.42 Å². The Hall–Kier alpha value is -1.25. The summed E-state index contributed by atoms with van der Waals surface area (Å²) >= 11 is 0. The van der Waals surface area contributed by atoms with Crippen LogP contribution in [0.1, 0.15) is 54.4 Å². The van der Waals surface area contributed by atoms with Gasteiger partial charge in [-0.2, -0.15) is 0 Å². The standard InChI is InChI=1S/C18H28BNO5S/c1-12(2)23-16-10-7-13(20-26(21,22)14-8-9-14)11-15(16)19-24-17(3,4)18(5,6)25-19/h7,10-12,14,20H,8-9H2,1-6H3. The van der Waals surface area contributed by atoms with Gasteiger partial charge in [0.1, 0.15) is 5.75 Å². The summed E-state index contributed by atoms with van der Waals surface area (Å²) in [5.74, 6) is 0.632. The van der Waals surface area contributed by atoms with Crippen LogP contribution in [-0.2, 0) is 19.3 Å². The van der Waals surface area contributed by atoms with Crippen LogP contribution in [0.4, 0.5) is 5.69 Å². The topological polar surface area (TPSA) is 73.9 Å². The molecule has 0 atom stereocenters. The second-order valence-electron chi connectivity index (χ2n) is 8.35. The van der Waals surface area contributed by atoms with Crippen molar-refractivity contribution in [2.45, 2.75) is 76.9 Å². The summed E-state index contributed by atoms with van der Waals surface area (Å²) < 4.78 is 45.4. The predicted octanol–water partition coefficient (Wildman–Crippen LogP) is 2.68. The van der Waals surface area contributed by atoms with Gasteiger partial charge in [-0.05, 0) is 72.6 Å². The number of anilines is 1. The van der Waals surface area contributed by atoms with E-state index < -0.39 is 28.3 Å². The number of benzene rings is 1. The molecular weight excluding hydrogens is 353 g/mol. The molecule has 0 bridgehead atoms. The highest BCUT2D eigenvalue weighted by Gasteiger charge is 2.52. The average molecular weight is 381 g/mol. The summed E-state index contributed by atoms with van der Waals surface area (Å²) in [7, 11) is -3.96. The van der Waals surface area contributed by atoms with E-state index in [0.29, 0.717) is 29.7 Å². The van der Waals surface area contributed by atoms with E-state index in [0.717, 1.165) is 0 Å². The third kappa shape index (κ3) is 3.87. The Bertz CT molecular complexity index is 771. The Kier molecular flexibility index (Phi) is 4.82. The van der Waals surface area contributed by atoms with Crippen LogP contribution < -0.4 is 14.9 Å². The van der Waals surface area contributed by atoms with Crippen molar-refractivity contribution < 1.29 is 22.5 Å². The third-order valence-electron chi connectivity index (χ3n) is 5.10. The molecule has 3 rings (SSSR count). The molecule has 0 amide bonds. The van der Waals surface area contributed by atoms with E-state index in [-0.39, 0.29) is 11.4 Å². The Labute approximate surface area is 156 Å². The molecule has 6 nitrogen and oxygen atoms in total. The van der Waals surface area contributed by atoms with E-state index in [1.807, 2.05) is 41.5 Å². The molecule has 0 radical (unpaired) electrons. The first-order valence-electron chi connectivity index (χ1n) is 9.09. The zero-order valence-electron chi connectivity index (χ0n) is 16.3. The van der Waals surface area contributed by atoms with Crippen molar-refractivity contribution in [3.8, 4) is 5.75 Å². The SMILES string of the molecule is CC(C)Oc1ccc(NS(=O)(=O)C2CC2)cc1B1OC(C)(C)C(C)(C)O1. The Morgan fingerprint density at radius 3 is 2.23 bits per heavy atom. The van der Waals surface area contributed by atoms with E-state index in [1.54, 1.807) is 18.2 Å². The maximum atomic E-state index is 12.3. The summed E-state index contributed by atoms with van der Waals surface area (Å²) in [5.41, 5.74) is 0.207. The Balaban J connectivity index is 1.94. The summed E-state index contributed by atoms with van der Waals surface area (Å²) in [4.78, 5) is 0. The summed E-state index contributed by atoms with van der Waals surface area (Å²) in [6.45, 7) is 11.8. The van der Waals surface area contributed by atoms with Crippen LogP contribution in [0.25, 0.3) is 0 Å². The molecule has 1 heterocycles. The summed E-state index contributed by atoms with van der Waals surface area (Å²) in [6, 6.07) is 5.23. The Morgan fingerprint density at radius 1 is 1.15 bits per heavy atom. The Morgan fingerprint density at radius 2 is 1.73 bits per heavy atom. The van der Waals surface area contributed by atoms with Gasteiger partial charge in [0.2, 0.25) is 10.0 Å². The molecule has 8 heteroatoms. The molecule has 1 saturated carbocycles. The first-order valence-corrected chi connectivity index (χ1v) is 10.6. The van der Waals surface area contributed by atoms with Crippen LogP contribution in [0.2, 0.25) is 0 Å². The van der Waals surface area contributed by atoms with Crippen LogP contribution in [0.5, 0.6) is 5.75 Å². The van der Waals surface area contributed by atoms with Gasteiger partial charge in [-0.1, -0.05) is 0 Å². The van der Waals surface area contributed by atoms with E-state index in [1.165, 1.54) is 0 Å². The van der Waals surface area contributed by atoms with Crippen molar-refractivity contribution in [1.29, 1.82) is 0 Å². The highest BCUT2D eigenvalue weighted by molar-refractivity contribution is 7.93. The van der Waals surface area contributed by atoms with Crippen LogP contribution in [0.15, 0.2) is 18.2 Å². The number of nitrogens with one attached hydrogen (secondary N) is 1. The lowest BCUT2D eigenvalue weighted by molar-refractivity contribution is 0.00578. The lowest BCUT2D eigenvalue weighted by Crippen LogP contribution is -2.41. The molecule has 0 spiro atoms. The first-order chi connectivity index (χ1) is 11.9. The van der Waals surface area contributed by atoms with Crippen LogP contribution in [0.3, 0.4) is 0 Å². The number of hydrogen-bond donors (Lipinski definition) is 1. The number of ether oxygens (including phenoxy) is 1. The molecule has 1 N–H and O–H groups in total. The molecule has 0 aromatic heterocycles. The van der Waals surface area contributed by atoms with Gasteiger partial charge in [0.15, 0.2) is 0 Å². The fourth-order valence-corrected chi connectivity index (χ4v) is 4.13. The largest absolute Gasteiger partial charge is 0.498 e. The van der Waals surface area contributed by atoms with Crippen molar-refractivity contribution in [2.75, 3.05) is 4.72 Å². The number of sulfonamides is 1. The van der Waals surface area contributed by atoms with Crippen molar-refractivity contribution in [3.05, 3.63) is 18.2 Å². The quantitative estimate of drug-likeness (QED) is 0.767. The van der Waals surface area contributed by atoms with Crippen LogP contribution in [-0.4, -0.2) is 38.1 Å². The molecule has 2 aliphatic rings. The fourth-order valence-electron chi connectivity index (χ4n) is 2.75. The molecule has 144 valence electrons. The van der Waals surface area contributed by atoms with Gasteiger partial charge in [-0.3, -0.25) is 4.72 Å². The average Bonchev–Trinajstić information content (AvgIpc) is 3.29. The highest BCUT2D eigenvalue weighted by atomic mass is 32.2. The molecular formula is C18H28BNO5S. The van der Waals surface area contributed by atoms with Crippen molar-refractivity contribution in [1.82, 2.24) is 0 Å². The van der Waals surface area contributed by atoms with Crippen LogP contribution >= 0.6 is 0 Å². The number of hydrogen-bond acceptors (Lipinski definition) is 5. The van der Waals surface area contributed by atoms with Crippen molar-refractivity contribution in [2.24, 2.45) is 0 Å². The monoisotopic (exact) mass is 381 g/mol. The van der Waals surface area contributed by atoms with E-state index >= 15 is 0 Å². The van der Waals surface area contributed by atoms with Gasteiger partial charge in [-0.15, -0.1) is 0 Å². The van der Waals surface area contributed by atoms with Gasteiger partial charge < -0.3 is 14.0 Å². The minimum atomic E-state index is -3.33. The molecule has 2 fully saturated rings. The van der Waals surface area contributed by atoms with Gasteiger partial charge in [0.25, 0.3) is 0 Å². The predicted molar refractivity (Wildman–Crippen MR) is 103 cm³/mol. The smallest absolute Gasteiger partial charge is 0.491 e. The molecule has 1 aliphatic heterocycles. The fraction of sp³-hybridized carbons (Fsp3) is 0.667. The minimum Gasteiger partial charge on any atom is -0.491 e. The maximum Gasteiger partial charge on any atom is 0.498 e. The summed E-state index contributed by atoms with van der Waals surface area (Å²) in [5, 5.41) is -0.283. The third-order valence-corrected chi connectivity index (χ3v) is 6.97. The molecule has 1 aromatic carbocycles. The normalized spacial score (nSPS) is 21.9. The first kappa shape index (κ1) is 19.5. The van der Waals surface area contributed by atoms with Gasteiger partial charge in [0, 0.05) is 11.2 Å². The second-order valence-corrected chi connectivity index (χ2v) is 10.3. The zero-order valence-corrected chi connectivity index (χ0v) is 17.1. The van der Waals surface area contributed by atoms with Crippen molar-refractivity contribution >= 4 is 28.3 Å². The molecule has 0 unspecified atom stereocenters. The molecule has 1 saturated heterocycles. The molecule has 1 aliphatic carbocycles. The van der Waals surface area contributed by atoms with E-state index in [4.69, 9.17) is 14.0 Å². The van der Waals surface area contributed by atoms with E-state index in [2.05, 4.69) is 4.72 Å². The number of rotatable bonds is 6. The maximum absolute atomic E-state index is 12.3. The van der Waals surface area contributed by atoms with Gasteiger partial charge >= 0.3 is 7.12 Å². The molecule has 1 aromatic rings. The summed E-state index contributed by atoms with van der Waals surface area (Å²) in [6.07, 6.45) is 1.41. The minimum absolute atomic E-state index is 0.0230. The van der Waals surface area contributed by atoms with Crippen LogP contribution in [0, 0.1) is 0 Å². The zero-order chi connectivity index (χ0) is 19.3. The lowest BCUT2D eigenvalue weighted by Gasteiger charge is -2.32. The highest BCUT2D eigenvalue weighted by Crippen LogP contribution is 2.37. The van der Waals surface area contributed by atoms with Crippen molar-refractivity contribution in [3.63, 3.8) is 0 Å². The molecule has 26 heavy (non-hydrogen) atoms. The lowest BCUT2D eigenvalue weighted by atomic mass is 9.78. The second kappa shape index (κ2) is 6.42.